The third-order valence-electron chi connectivity index (χ3n) is 2.94. The van der Waals surface area contributed by atoms with Crippen molar-refractivity contribution in [1.29, 1.82) is 0 Å². The Morgan fingerprint density at radius 3 is 3.00 bits per heavy atom. The van der Waals surface area contributed by atoms with Crippen molar-refractivity contribution < 1.29 is 4.79 Å². The molecule has 0 spiro atoms. The first-order valence-corrected chi connectivity index (χ1v) is 5.89. The molecule has 0 aromatic carbocycles. The zero-order valence-corrected chi connectivity index (χ0v) is 9.54. The summed E-state index contributed by atoms with van der Waals surface area (Å²) in [5.41, 5.74) is 5.71. The summed E-state index contributed by atoms with van der Waals surface area (Å²) in [5, 5.41) is 2.96. The minimum Gasteiger partial charge on any atom is -0.356 e. The van der Waals surface area contributed by atoms with E-state index in [1.54, 1.807) is 0 Å². The summed E-state index contributed by atoms with van der Waals surface area (Å²) in [6.45, 7) is 2.81. The Hall–Kier alpha value is -0.830. The van der Waals surface area contributed by atoms with Crippen molar-refractivity contribution >= 4 is 5.91 Å². The van der Waals surface area contributed by atoms with Gasteiger partial charge >= 0.3 is 0 Å². The lowest BCUT2D eigenvalue weighted by molar-refractivity contribution is -0.121. The van der Waals surface area contributed by atoms with Crippen molar-refractivity contribution in [3.63, 3.8) is 0 Å². The van der Waals surface area contributed by atoms with Gasteiger partial charge in [0.15, 0.2) is 0 Å². The molecule has 86 valence electrons. The van der Waals surface area contributed by atoms with E-state index in [0.717, 1.165) is 25.8 Å². The maximum atomic E-state index is 11.4. The molecule has 3 N–H and O–H groups in total. The Bertz CT molecular complexity index is 226. The molecule has 1 aliphatic carbocycles. The quantitative estimate of drug-likeness (QED) is 0.677. The first kappa shape index (κ1) is 12.2. The smallest absolute Gasteiger partial charge is 0.221 e. The lowest BCUT2D eigenvalue weighted by Gasteiger charge is -2.18. The molecule has 0 aromatic heterocycles. The molecule has 0 fully saturated rings. The summed E-state index contributed by atoms with van der Waals surface area (Å²) in [6.07, 6.45) is 9.17. The van der Waals surface area contributed by atoms with E-state index in [4.69, 9.17) is 5.73 Å². The molecular formula is C12H22N2O. The fourth-order valence-electron chi connectivity index (χ4n) is 1.75. The lowest BCUT2D eigenvalue weighted by Crippen LogP contribution is -2.34. The molecule has 0 heterocycles. The number of amides is 1. The van der Waals surface area contributed by atoms with Crippen LogP contribution in [0.3, 0.4) is 0 Å². The molecule has 0 aliphatic heterocycles. The topological polar surface area (TPSA) is 55.1 Å². The molecule has 2 atom stereocenters. The SMILES string of the molecule is CCC(N)CC(=O)NCC1CC=CCC1. The van der Waals surface area contributed by atoms with Crippen LogP contribution < -0.4 is 11.1 Å². The van der Waals surface area contributed by atoms with E-state index in [9.17, 15) is 4.79 Å². The summed E-state index contributed by atoms with van der Waals surface area (Å²) >= 11 is 0. The van der Waals surface area contributed by atoms with Crippen LogP contribution in [-0.4, -0.2) is 18.5 Å². The van der Waals surface area contributed by atoms with Crippen molar-refractivity contribution in [1.82, 2.24) is 5.32 Å². The van der Waals surface area contributed by atoms with Gasteiger partial charge in [0.2, 0.25) is 5.91 Å². The molecular weight excluding hydrogens is 188 g/mol. The van der Waals surface area contributed by atoms with E-state index in [0.29, 0.717) is 12.3 Å². The van der Waals surface area contributed by atoms with Gasteiger partial charge in [0.1, 0.15) is 0 Å². The second-order valence-electron chi connectivity index (χ2n) is 4.33. The zero-order chi connectivity index (χ0) is 11.1. The van der Waals surface area contributed by atoms with E-state index in [2.05, 4.69) is 17.5 Å². The summed E-state index contributed by atoms with van der Waals surface area (Å²) in [7, 11) is 0. The maximum Gasteiger partial charge on any atom is 0.221 e. The predicted octanol–water partition coefficient (Wildman–Crippen LogP) is 1.59. The normalized spacial score (nSPS) is 22.4. The van der Waals surface area contributed by atoms with Crippen LogP contribution in [0.25, 0.3) is 0 Å². The van der Waals surface area contributed by atoms with E-state index in [-0.39, 0.29) is 11.9 Å². The molecule has 1 aliphatic rings. The average Bonchev–Trinajstić information content (AvgIpc) is 2.27. The molecule has 3 nitrogen and oxygen atoms in total. The van der Waals surface area contributed by atoms with Gasteiger partial charge in [-0.2, -0.15) is 0 Å². The second kappa shape index (κ2) is 6.62. The van der Waals surface area contributed by atoms with E-state index >= 15 is 0 Å². The van der Waals surface area contributed by atoms with Crippen LogP contribution in [0, 0.1) is 5.92 Å². The van der Waals surface area contributed by atoms with Crippen LogP contribution in [0.4, 0.5) is 0 Å². The number of hydrogen-bond acceptors (Lipinski definition) is 2. The predicted molar refractivity (Wildman–Crippen MR) is 62.4 cm³/mol. The van der Waals surface area contributed by atoms with Gasteiger partial charge in [-0.15, -0.1) is 0 Å². The Morgan fingerprint density at radius 1 is 1.60 bits per heavy atom. The Balaban J connectivity index is 2.13. The molecule has 0 radical (unpaired) electrons. The number of hydrogen-bond donors (Lipinski definition) is 2. The third-order valence-corrected chi connectivity index (χ3v) is 2.94. The number of nitrogens with one attached hydrogen (secondary N) is 1. The van der Waals surface area contributed by atoms with Gasteiger partial charge < -0.3 is 11.1 Å². The van der Waals surface area contributed by atoms with Gasteiger partial charge in [0.05, 0.1) is 0 Å². The molecule has 0 saturated heterocycles. The van der Waals surface area contributed by atoms with Gasteiger partial charge in [-0.3, -0.25) is 4.79 Å². The summed E-state index contributed by atoms with van der Waals surface area (Å²) in [6, 6.07) is 0.0104. The molecule has 1 rings (SSSR count). The highest BCUT2D eigenvalue weighted by Gasteiger charge is 2.12. The van der Waals surface area contributed by atoms with Gasteiger partial charge in [0.25, 0.3) is 0 Å². The van der Waals surface area contributed by atoms with E-state index in [1.807, 2.05) is 6.92 Å². The molecule has 0 aromatic rings. The summed E-state index contributed by atoms with van der Waals surface area (Å²) in [4.78, 5) is 11.4. The monoisotopic (exact) mass is 210 g/mol. The first-order chi connectivity index (χ1) is 7.22. The molecule has 3 heteroatoms. The van der Waals surface area contributed by atoms with Crippen molar-refractivity contribution in [2.75, 3.05) is 6.54 Å². The van der Waals surface area contributed by atoms with Gasteiger partial charge in [0, 0.05) is 19.0 Å². The van der Waals surface area contributed by atoms with Crippen LogP contribution in [-0.2, 0) is 4.79 Å². The highest BCUT2D eigenvalue weighted by molar-refractivity contribution is 5.76. The molecule has 2 unspecified atom stereocenters. The largest absolute Gasteiger partial charge is 0.356 e. The maximum absolute atomic E-state index is 11.4. The Kier molecular flexibility index (Phi) is 5.40. The Morgan fingerprint density at radius 2 is 2.40 bits per heavy atom. The molecule has 0 saturated carbocycles. The Labute approximate surface area is 92.1 Å². The number of allylic oxidation sites excluding steroid dienone is 2. The van der Waals surface area contributed by atoms with Gasteiger partial charge in [-0.05, 0) is 31.6 Å². The molecule has 1 amide bonds. The minimum atomic E-state index is 0.0104. The third kappa shape index (κ3) is 4.98. The summed E-state index contributed by atoms with van der Waals surface area (Å²) < 4.78 is 0. The average molecular weight is 210 g/mol. The highest BCUT2D eigenvalue weighted by atomic mass is 16.1. The number of rotatable bonds is 5. The van der Waals surface area contributed by atoms with E-state index < -0.39 is 0 Å². The van der Waals surface area contributed by atoms with Crippen LogP contribution in [0.15, 0.2) is 12.2 Å². The highest BCUT2D eigenvalue weighted by Crippen LogP contribution is 2.16. The van der Waals surface area contributed by atoms with Crippen molar-refractivity contribution in [2.24, 2.45) is 11.7 Å². The summed E-state index contributed by atoms with van der Waals surface area (Å²) in [5.74, 6) is 0.718. The lowest BCUT2D eigenvalue weighted by atomic mass is 9.94. The fraction of sp³-hybridized carbons (Fsp3) is 0.750. The van der Waals surface area contributed by atoms with Gasteiger partial charge in [-0.1, -0.05) is 19.1 Å². The van der Waals surface area contributed by atoms with Crippen LogP contribution in [0.1, 0.15) is 39.0 Å². The molecule has 0 bridgehead atoms. The first-order valence-electron chi connectivity index (χ1n) is 5.89. The van der Waals surface area contributed by atoms with Crippen molar-refractivity contribution in [2.45, 2.75) is 45.1 Å². The number of carbonyl (C=O) groups is 1. The standard InChI is InChI=1S/C12H22N2O/c1-2-11(13)8-12(15)14-9-10-6-4-3-5-7-10/h3-4,10-11H,2,5-9,13H2,1H3,(H,14,15). The molecule has 15 heavy (non-hydrogen) atoms. The second-order valence-corrected chi connectivity index (χ2v) is 4.33. The number of nitrogens with two attached hydrogens (primary N) is 1. The zero-order valence-electron chi connectivity index (χ0n) is 9.54. The van der Waals surface area contributed by atoms with Crippen LogP contribution in [0.5, 0.6) is 0 Å². The van der Waals surface area contributed by atoms with Gasteiger partial charge in [-0.25, -0.2) is 0 Å². The number of carbonyl (C=O) groups excluding carboxylic acids is 1. The van der Waals surface area contributed by atoms with E-state index in [1.165, 1.54) is 6.42 Å². The van der Waals surface area contributed by atoms with Crippen LogP contribution >= 0.6 is 0 Å². The fourth-order valence-corrected chi connectivity index (χ4v) is 1.75. The van der Waals surface area contributed by atoms with Crippen molar-refractivity contribution in [3.05, 3.63) is 12.2 Å². The van der Waals surface area contributed by atoms with Crippen LogP contribution in [0.2, 0.25) is 0 Å². The minimum absolute atomic E-state index is 0.0104. The van der Waals surface area contributed by atoms with Crippen molar-refractivity contribution in [3.8, 4) is 0 Å².